The molecule has 0 fully saturated rings. The van der Waals surface area contributed by atoms with Crippen LogP contribution < -0.4 is 5.73 Å². The zero-order valence-electron chi connectivity index (χ0n) is 8.69. The molecule has 0 spiro atoms. The van der Waals surface area contributed by atoms with Crippen molar-refractivity contribution in [3.63, 3.8) is 0 Å². The van der Waals surface area contributed by atoms with Gasteiger partial charge in [-0.2, -0.15) is 0 Å². The maximum absolute atomic E-state index is 10.7. The molecule has 1 rings (SSSR count). The summed E-state index contributed by atoms with van der Waals surface area (Å²) in [5, 5.41) is 10.7. The van der Waals surface area contributed by atoms with Crippen LogP contribution in [0.1, 0.15) is 17.5 Å². The molecule has 1 aromatic carbocycles. The molecule has 5 heteroatoms. The second-order valence-electron chi connectivity index (χ2n) is 3.17. The largest absolute Gasteiger partial charge is 0.369 e. The van der Waals surface area contributed by atoms with Crippen molar-refractivity contribution >= 4 is 11.6 Å². The maximum atomic E-state index is 10.7. The standard InChI is InChI=1S/C11H10N2O3/c1-8-4-2-6-10(13(15)16)9(8)5-3-7-11(12)14/h2,4,6H,7H2,1H3,(H2,12,14). The minimum Gasteiger partial charge on any atom is -0.369 e. The van der Waals surface area contributed by atoms with E-state index < -0.39 is 10.8 Å². The van der Waals surface area contributed by atoms with Crippen molar-refractivity contribution < 1.29 is 9.72 Å². The van der Waals surface area contributed by atoms with E-state index in [1.54, 1.807) is 19.1 Å². The summed E-state index contributed by atoms with van der Waals surface area (Å²) in [6, 6.07) is 4.69. The van der Waals surface area contributed by atoms with E-state index in [1.807, 2.05) is 0 Å². The molecule has 1 amide bonds. The Morgan fingerprint density at radius 2 is 2.25 bits per heavy atom. The molecular weight excluding hydrogens is 208 g/mol. The maximum Gasteiger partial charge on any atom is 0.285 e. The van der Waals surface area contributed by atoms with Crippen LogP contribution in [0.3, 0.4) is 0 Å². The summed E-state index contributed by atoms with van der Waals surface area (Å²) < 4.78 is 0. The van der Waals surface area contributed by atoms with Gasteiger partial charge in [-0.05, 0) is 12.5 Å². The van der Waals surface area contributed by atoms with Crippen molar-refractivity contribution in [1.82, 2.24) is 0 Å². The average molecular weight is 218 g/mol. The highest BCUT2D eigenvalue weighted by atomic mass is 16.6. The van der Waals surface area contributed by atoms with Gasteiger partial charge < -0.3 is 5.73 Å². The Hall–Kier alpha value is -2.35. The number of nitrogens with two attached hydrogens (primary N) is 1. The summed E-state index contributed by atoms with van der Waals surface area (Å²) in [6.45, 7) is 1.72. The molecule has 0 aromatic heterocycles. The molecule has 16 heavy (non-hydrogen) atoms. The Labute approximate surface area is 92.4 Å². The van der Waals surface area contributed by atoms with Gasteiger partial charge in [0.2, 0.25) is 5.91 Å². The number of aryl methyl sites for hydroxylation is 1. The van der Waals surface area contributed by atoms with Crippen LogP contribution in [-0.2, 0) is 4.79 Å². The first-order chi connectivity index (χ1) is 7.52. The topological polar surface area (TPSA) is 86.2 Å². The normalized spacial score (nSPS) is 9.06. The summed E-state index contributed by atoms with van der Waals surface area (Å²) in [5.74, 6) is 4.56. The van der Waals surface area contributed by atoms with E-state index in [4.69, 9.17) is 5.73 Å². The number of hydrogen-bond donors (Lipinski definition) is 1. The molecule has 0 saturated heterocycles. The number of amides is 1. The number of nitro groups is 1. The summed E-state index contributed by atoms with van der Waals surface area (Å²) in [6.07, 6.45) is -0.106. The first-order valence-electron chi connectivity index (χ1n) is 4.53. The van der Waals surface area contributed by atoms with Crippen LogP contribution in [-0.4, -0.2) is 10.8 Å². The highest BCUT2D eigenvalue weighted by Crippen LogP contribution is 2.20. The molecule has 0 radical (unpaired) electrons. The van der Waals surface area contributed by atoms with E-state index in [2.05, 4.69) is 11.8 Å². The Kier molecular flexibility index (Phi) is 3.62. The highest BCUT2D eigenvalue weighted by molar-refractivity contribution is 5.76. The van der Waals surface area contributed by atoms with E-state index in [0.717, 1.165) is 0 Å². The molecule has 1 aromatic rings. The van der Waals surface area contributed by atoms with Gasteiger partial charge in [0.1, 0.15) is 5.56 Å². The van der Waals surface area contributed by atoms with Crippen LogP contribution in [0.15, 0.2) is 18.2 Å². The fraction of sp³-hybridized carbons (Fsp3) is 0.182. The van der Waals surface area contributed by atoms with Gasteiger partial charge in [0.25, 0.3) is 5.69 Å². The van der Waals surface area contributed by atoms with Crippen LogP contribution in [0, 0.1) is 28.9 Å². The van der Waals surface area contributed by atoms with E-state index in [9.17, 15) is 14.9 Å². The summed E-state index contributed by atoms with van der Waals surface area (Å²) in [5.41, 5.74) is 5.89. The van der Waals surface area contributed by atoms with Gasteiger partial charge >= 0.3 is 0 Å². The molecule has 0 aliphatic carbocycles. The van der Waals surface area contributed by atoms with Gasteiger partial charge in [-0.15, -0.1) is 0 Å². The summed E-state index contributed by atoms with van der Waals surface area (Å²) >= 11 is 0. The second-order valence-corrected chi connectivity index (χ2v) is 3.17. The smallest absolute Gasteiger partial charge is 0.285 e. The fourth-order valence-corrected chi connectivity index (χ4v) is 1.19. The van der Waals surface area contributed by atoms with Crippen LogP contribution in [0.5, 0.6) is 0 Å². The number of nitrogens with zero attached hydrogens (tertiary/aromatic N) is 1. The molecular formula is C11H10N2O3. The molecule has 0 aliphatic rings. The molecule has 0 atom stereocenters. The third kappa shape index (κ3) is 2.82. The number of carbonyl (C=O) groups is 1. The minimum absolute atomic E-state index is 0.0584. The lowest BCUT2D eigenvalue weighted by molar-refractivity contribution is -0.385. The van der Waals surface area contributed by atoms with Crippen LogP contribution in [0.2, 0.25) is 0 Å². The second kappa shape index (κ2) is 4.94. The summed E-state index contributed by atoms with van der Waals surface area (Å²) in [4.78, 5) is 20.7. The van der Waals surface area contributed by atoms with E-state index in [-0.39, 0.29) is 12.1 Å². The quantitative estimate of drug-likeness (QED) is 0.458. The molecule has 0 saturated carbocycles. The monoisotopic (exact) mass is 218 g/mol. The molecule has 82 valence electrons. The van der Waals surface area contributed by atoms with Crippen molar-refractivity contribution in [3.05, 3.63) is 39.4 Å². The van der Waals surface area contributed by atoms with Crippen molar-refractivity contribution in [2.24, 2.45) is 5.73 Å². The molecule has 2 N–H and O–H groups in total. The Bertz CT molecular complexity index is 498. The molecule has 0 unspecified atom stereocenters. The number of benzene rings is 1. The number of rotatable bonds is 2. The average Bonchev–Trinajstić information content (AvgIpc) is 2.19. The van der Waals surface area contributed by atoms with Crippen LogP contribution in [0.4, 0.5) is 5.69 Å². The van der Waals surface area contributed by atoms with Crippen molar-refractivity contribution in [3.8, 4) is 11.8 Å². The van der Waals surface area contributed by atoms with Gasteiger partial charge in [-0.1, -0.05) is 24.0 Å². The number of primary amides is 1. The SMILES string of the molecule is Cc1cccc([N+](=O)[O-])c1C#CCC(N)=O. The third-order valence-electron chi connectivity index (χ3n) is 1.92. The molecule has 0 heterocycles. The lowest BCUT2D eigenvalue weighted by Crippen LogP contribution is -2.08. The first-order valence-corrected chi connectivity index (χ1v) is 4.53. The molecule has 0 aliphatic heterocycles. The fourth-order valence-electron chi connectivity index (χ4n) is 1.19. The number of nitro benzene ring substituents is 1. The molecule has 0 bridgehead atoms. The van der Waals surface area contributed by atoms with E-state index in [1.165, 1.54) is 6.07 Å². The third-order valence-corrected chi connectivity index (χ3v) is 1.92. The van der Waals surface area contributed by atoms with E-state index in [0.29, 0.717) is 11.1 Å². The predicted molar refractivity (Wildman–Crippen MR) is 58.5 cm³/mol. The van der Waals surface area contributed by atoms with Crippen molar-refractivity contribution in [2.75, 3.05) is 0 Å². The van der Waals surface area contributed by atoms with Gasteiger partial charge in [0.15, 0.2) is 0 Å². The van der Waals surface area contributed by atoms with Gasteiger partial charge in [-0.3, -0.25) is 14.9 Å². The first kappa shape index (κ1) is 11.7. The van der Waals surface area contributed by atoms with E-state index >= 15 is 0 Å². The lowest BCUT2D eigenvalue weighted by atomic mass is 10.1. The van der Waals surface area contributed by atoms with Crippen molar-refractivity contribution in [1.29, 1.82) is 0 Å². The van der Waals surface area contributed by atoms with Gasteiger partial charge in [-0.25, -0.2) is 0 Å². The lowest BCUT2D eigenvalue weighted by Gasteiger charge is -1.98. The Balaban J connectivity index is 3.14. The van der Waals surface area contributed by atoms with Gasteiger partial charge in [0, 0.05) is 6.07 Å². The van der Waals surface area contributed by atoms with Crippen LogP contribution in [0.25, 0.3) is 0 Å². The Morgan fingerprint density at radius 1 is 1.56 bits per heavy atom. The highest BCUT2D eigenvalue weighted by Gasteiger charge is 2.12. The Morgan fingerprint density at radius 3 is 2.81 bits per heavy atom. The summed E-state index contributed by atoms with van der Waals surface area (Å²) in [7, 11) is 0. The number of carbonyl (C=O) groups excluding carboxylic acids is 1. The number of hydrogen-bond acceptors (Lipinski definition) is 3. The van der Waals surface area contributed by atoms with Crippen LogP contribution >= 0.6 is 0 Å². The zero-order valence-corrected chi connectivity index (χ0v) is 8.69. The predicted octanol–water partition coefficient (Wildman–Crippen LogP) is 1.13. The molecule has 5 nitrogen and oxygen atoms in total. The van der Waals surface area contributed by atoms with Crippen molar-refractivity contribution in [2.45, 2.75) is 13.3 Å². The minimum atomic E-state index is -0.552. The zero-order chi connectivity index (χ0) is 12.1. The van der Waals surface area contributed by atoms with Gasteiger partial charge in [0.05, 0.1) is 11.3 Å².